The van der Waals surface area contributed by atoms with Gasteiger partial charge < -0.3 is 5.32 Å². The summed E-state index contributed by atoms with van der Waals surface area (Å²) in [7, 11) is 1.83. The molecule has 0 bridgehead atoms. The third-order valence-corrected chi connectivity index (χ3v) is 1.70. The third-order valence-electron chi connectivity index (χ3n) is 1.70. The normalized spacial score (nSPS) is 10.1. The summed E-state index contributed by atoms with van der Waals surface area (Å²) in [6, 6.07) is 7.80. The summed E-state index contributed by atoms with van der Waals surface area (Å²) in [6.07, 6.45) is 1.72. The van der Waals surface area contributed by atoms with Crippen LogP contribution in [-0.4, -0.2) is 17.0 Å². The van der Waals surface area contributed by atoms with E-state index in [4.69, 9.17) is 0 Å². The van der Waals surface area contributed by atoms with Crippen molar-refractivity contribution in [3.63, 3.8) is 0 Å². The van der Waals surface area contributed by atoms with Gasteiger partial charge in [0.05, 0.1) is 17.2 Å². The second-order valence-electron chi connectivity index (χ2n) is 2.49. The molecule has 0 aliphatic rings. The molecule has 1 heterocycles. The molecule has 0 aliphatic carbocycles. The molecule has 0 radical (unpaired) electrons. The van der Waals surface area contributed by atoms with Crippen molar-refractivity contribution in [2.45, 2.75) is 0 Å². The van der Waals surface area contributed by atoms with Crippen molar-refractivity contribution >= 4 is 16.9 Å². The Hall–Kier alpha value is -1.64. The number of para-hydroxylation sites is 2. The number of anilines is 1. The number of hydrogen-bond donors (Lipinski definition) is 1. The van der Waals surface area contributed by atoms with E-state index in [2.05, 4.69) is 15.3 Å². The van der Waals surface area contributed by atoms with Gasteiger partial charge >= 0.3 is 0 Å². The van der Waals surface area contributed by atoms with Crippen molar-refractivity contribution < 1.29 is 0 Å². The Balaban J connectivity index is 2.67. The van der Waals surface area contributed by atoms with Crippen LogP contribution in [0.2, 0.25) is 0 Å². The number of rotatable bonds is 1. The van der Waals surface area contributed by atoms with Crippen molar-refractivity contribution in [3.05, 3.63) is 30.5 Å². The predicted octanol–water partition coefficient (Wildman–Crippen LogP) is 1.67. The van der Waals surface area contributed by atoms with Crippen LogP contribution in [0.4, 0.5) is 5.82 Å². The van der Waals surface area contributed by atoms with E-state index < -0.39 is 0 Å². The van der Waals surface area contributed by atoms with Crippen molar-refractivity contribution in [1.82, 2.24) is 9.97 Å². The minimum atomic E-state index is 0.800. The van der Waals surface area contributed by atoms with Crippen LogP contribution in [0.25, 0.3) is 11.0 Å². The zero-order valence-corrected chi connectivity index (χ0v) is 6.78. The van der Waals surface area contributed by atoms with Crippen LogP contribution in [0.5, 0.6) is 0 Å². The van der Waals surface area contributed by atoms with E-state index >= 15 is 0 Å². The fourth-order valence-corrected chi connectivity index (χ4v) is 1.08. The van der Waals surface area contributed by atoms with Gasteiger partial charge in [-0.1, -0.05) is 12.1 Å². The van der Waals surface area contributed by atoms with Crippen molar-refractivity contribution in [1.29, 1.82) is 0 Å². The van der Waals surface area contributed by atoms with Gasteiger partial charge in [-0.05, 0) is 12.1 Å². The van der Waals surface area contributed by atoms with Gasteiger partial charge in [0, 0.05) is 7.05 Å². The number of fused-ring (bicyclic) bond motifs is 1. The summed E-state index contributed by atoms with van der Waals surface area (Å²) in [5, 5.41) is 2.95. The van der Waals surface area contributed by atoms with E-state index in [9.17, 15) is 0 Å². The lowest BCUT2D eigenvalue weighted by Gasteiger charge is -1.99. The fraction of sp³-hybridized carbons (Fsp3) is 0.111. The molecule has 3 heteroatoms. The minimum Gasteiger partial charge on any atom is -0.372 e. The van der Waals surface area contributed by atoms with Gasteiger partial charge in [0.2, 0.25) is 0 Å². The van der Waals surface area contributed by atoms with E-state index in [-0.39, 0.29) is 0 Å². The Bertz CT molecular complexity index is 398. The van der Waals surface area contributed by atoms with Crippen LogP contribution in [0.1, 0.15) is 0 Å². The molecule has 0 saturated heterocycles. The monoisotopic (exact) mass is 159 g/mol. The standard InChI is InChI=1S/C9H9N3/c1-10-9-6-11-7-4-2-3-5-8(7)12-9/h2-6H,1H3,(H,10,12). The molecule has 2 aromatic rings. The van der Waals surface area contributed by atoms with Crippen LogP contribution in [0, 0.1) is 0 Å². The quantitative estimate of drug-likeness (QED) is 0.687. The maximum Gasteiger partial charge on any atom is 0.144 e. The SMILES string of the molecule is CNc1cnc2ccccc2n1. The predicted molar refractivity (Wildman–Crippen MR) is 49.1 cm³/mol. The van der Waals surface area contributed by atoms with Crippen LogP contribution in [-0.2, 0) is 0 Å². The highest BCUT2D eigenvalue weighted by atomic mass is 15.0. The number of nitrogens with one attached hydrogen (secondary N) is 1. The Kier molecular flexibility index (Phi) is 1.63. The first-order valence-electron chi connectivity index (χ1n) is 3.80. The van der Waals surface area contributed by atoms with Crippen LogP contribution in [0.15, 0.2) is 30.5 Å². The first-order chi connectivity index (χ1) is 5.90. The van der Waals surface area contributed by atoms with Crippen molar-refractivity contribution in [2.24, 2.45) is 0 Å². The van der Waals surface area contributed by atoms with Crippen molar-refractivity contribution in [3.8, 4) is 0 Å². The molecular formula is C9H9N3. The average molecular weight is 159 g/mol. The van der Waals surface area contributed by atoms with Gasteiger partial charge in [0.25, 0.3) is 0 Å². The topological polar surface area (TPSA) is 37.8 Å². The molecule has 1 aromatic heterocycles. The second-order valence-corrected chi connectivity index (χ2v) is 2.49. The van der Waals surface area contributed by atoms with Gasteiger partial charge in [0.1, 0.15) is 5.82 Å². The highest BCUT2D eigenvalue weighted by Crippen LogP contribution is 2.10. The van der Waals surface area contributed by atoms with Crippen LogP contribution < -0.4 is 5.32 Å². The Morgan fingerprint density at radius 1 is 1.17 bits per heavy atom. The molecule has 3 nitrogen and oxygen atoms in total. The molecule has 2 rings (SSSR count). The molecule has 0 unspecified atom stereocenters. The lowest BCUT2D eigenvalue weighted by Crippen LogP contribution is -1.93. The van der Waals surface area contributed by atoms with Gasteiger partial charge in [-0.2, -0.15) is 0 Å². The lowest BCUT2D eigenvalue weighted by atomic mass is 10.3. The number of aromatic nitrogens is 2. The molecular weight excluding hydrogens is 150 g/mol. The van der Waals surface area contributed by atoms with E-state index in [0.717, 1.165) is 16.9 Å². The Morgan fingerprint density at radius 3 is 2.67 bits per heavy atom. The van der Waals surface area contributed by atoms with Gasteiger partial charge in [-0.25, -0.2) is 4.98 Å². The molecule has 0 saturated carbocycles. The number of benzene rings is 1. The molecule has 0 atom stereocenters. The highest BCUT2D eigenvalue weighted by Gasteiger charge is 1.94. The summed E-state index contributed by atoms with van der Waals surface area (Å²) in [5.41, 5.74) is 1.85. The fourth-order valence-electron chi connectivity index (χ4n) is 1.08. The van der Waals surface area contributed by atoms with Gasteiger partial charge in [0.15, 0.2) is 0 Å². The zero-order chi connectivity index (χ0) is 8.39. The molecule has 60 valence electrons. The molecule has 0 amide bonds. The minimum absolute atomic E-state index is 0.800. The highest BCUT2D eigenvalue weighted by molar-refractivity contribution is 5.75. The zero-order valence-electron chi connectivity index (χ0n) is 6.78. The maximum absolute atomic E-state index is 4.32. The Morgan fingerprint density at radius 2 is 1.92 bits per heavy atom. The summed E-state index contributed by atoms with van der Waals surface area (Å²) in [4.78, 5) is 8.55. The summed E-state index contributed by atoms with van der Waals surface area (Å²) in [6.45, 7) is 0. The first kappa shape index (κ1) is 7.03. The molecule has 1 aromatic carbocycles. The maximum atomic E-state index is 4.32. The number of hydrogen-bond acceptors (Lipinski definition) is 3. The van der Waals surface area contributed by atoms with Gasteiger partial charge in [-0.15, -0.1) is 0 Å². The van der Waals surface area contributed by atoms with E-state index in [1.54, 1.807) is 6.20 Å². The largest absolute Gasteiger partial charge is 0.372 e. The summed E-state index contributed by atoms with van der Waals surface area (Å²) < 4.78 is 0. The first-order valence-corrected chi connectivity index (χ1v) is 3.80. The molecule has 12 heavy (non-hydrogen) atoms. The average Bonchev–Trinajstić information content (AvgIpc) is 2.17. The van der Waals surface area contributed by atoms with Crippen LogP contribution in [0.3, 0.4) is 0 Å². The summed E-state index contributed by atoms with van der Waals surface area (Å²) >= 11 is 0. The molecule has 0 fully saturated rings. The van der Waals surface area contributed by atoms with Gasteiger partial charge in [-0.3, -0.25) is 4.98 Å². The van der Waals surface area contributed by atoms with Crippen molar-refractivity contribution in [2.75, 3.05) is 12.4 Å². The molecule has 0 spiro atoms. The van der Waals surface area contributed by atoms with Crippen LogP contribution >= 0.6 is 0 Å². The third kappa shape index (κ3) is 1.09. The molecule has 1 N–H and O–H groups in total. The van der Waals surface area contributed by atoms with E-state index in [1.165, 1.54) is 0 Å². The smallest absolute Gasteiger partial charge is 0.144 e. The lowest BCUT2D eigenvalue weighted by molar-refractivity contribution is 1.26. The molecule has 0 aliphatic heterocycles. The van der Waals surface area contributed by atoms with E-state index in [1.807, 2.05) is 31.3 Å². The van der Waals surface area contributed by atoms with E-state index in [0.29, 0.717) is 0 Å². The number of nitrogens with zero attached hydrogens (tertiary/aromatic N) is 2. The second kappa shape index (κ2) is 2.77. The Labute approximate surface area is 70.5 Å². The summed E-state index contributed by atoms with van der Waals surface area (Å²) in [5.74, 6) is 0.800.